The number of alkyl halides is 3. The van der Waals surface area contributed by atoms with Crippen LogP contribution in [-0.2, 0) is 32.5 Å². The molecule has 0 radical (unpaired) electrons. The summed E-state index contributed by atoms with van der Waals surface area (Å²) in [4.78, 5) is 24.5. The minimum Gasteiger partial charge on any atom is -0.495 e. The molecule has 3 N–H and O–H groups in total. The first kappa shape index (κ1) is 32.5. The maximum atomic E-state index is 14.1. The smallest absolute Gasteiger partial charge is 0.421 e. The van der Waals surface area contributed by atoms with Gasteiger partial charge in [-0.2, -0.15) is 18.2 Å². The molecule has 2 aliphatic rings. The number of β-amino-alcohol motifs (C(OH)–C–C–N with tert-alkyl or cyclic N) is 1. The van der Waals surface area contributed by atoms with Crippen molar-refractivity contribution in [2.45, 2.75) is 38.8 Å². The summed E-state index contributed by atoms with van der Waals surface area (Å²) in [7, 11) is -0.373. The molecular weight excluding hydrogens is 616 g/mol. The largest absolute Gasteiger partial charge is 0.495 e. The molecule has 45 heavy (non-hydrogen) atoms. The van der Waals surface area contributed by atoms with Crippen LogP contribution in [0.15, 0.2) is 36.5 Å². The maximum absolute atomic E-state index is 14.1. The van der Waals surface area contributed by atoms with Gasteiger partial charge in [0.05, 0.1) is 49.5 Å². The van der Waals surface area contributed by atoms with Crippen molar-refractivity contribution in [2.75, 3.05) is 56.0 Å². The number of carbonyl (C=O) groups is 1. The number of fused-ring (bicyclic) bond motifs is 1. The number of rotatable bonds is 12. The predicted octanol–water partition coefficient (Wildman–Crippen LogP) is 5.52. The standard InChI is InChI=1S/C29H34F3N6O6P/c1-5-43-45(41,44-6-2)16-17-7-8-21(24(11-17)42-4)35-28-33-12-20(29(30,31)32)26(36-28)34-22-9-10-23(38-13-18(39)14-38)19-15-37(3)27(40)25(19)22/h7-12,18,39H,5-6,13-16H2,1-4H3,(H2,33,34,35,36). The van der Waals surface area contributed by atoms with E-state index in [1.54, 1.807) is 45.2 Å². The van der Waals surface area contributed by atoms with E-state index in [9.17, 15) is 27.6 Å². The molecule has 2 aromatic carbocycles. The number of carbonyl (C=O) groups excluding carboxylic acids is 1. The zero-order valence-corrected chi connectivity index (χ0v) is 26.0. The number of aromatic nitrogens is 2. The van der Waals surface area contributed by atoms with Crippen LogP contribution in [0.2, 0.25) is 0 Å². The number of halogens is 3. The summed E-state index contributed by atoms with van der Waals surface area (Å²) < 4.78 is 71.4. The van der Waals surface area contributed by atoms with Crippen LogP contribution in [0.5, 0.6) is 5.75 Å². The Bertz CT molecular complexity index is 1620. The first-order chi connectivity index (χ1) is 21.4. The summed E-state index contributed by atoms with van der Waals surface area (Å²) in [6.45, 7) is 4.91. The normalized spacial score (nSPS) is 15.2. The molecule has 3 aromatic rings. The molecule has 12 nitrogen and oxygen atoms in total. The van der Waals surface area contributed by atoms with Gasteiger partial charge in [-0.3, -0.25) is 9.36 Å². The lowest BCUT2D eigenvalue weighted by Crippen LogP contribution is -2.51. The summed E-state index contributed by atoms with van der Waals surface area (Å²) >= 11 is 0. The Hall–Kier alpha value is -3.91. The van der Waals surface area contributed by atoms with Crippen LogP contribution >= 0.6 is 7.60 Å². The van der Waals surface area contributed by atoms with Gasteiger partial charge in [0.1, 0.15) is 17.1 Å². The number of ether oxygens (including phenoxy) is 1. The van der Waals surface area contributed by atoms with Crippen LogP contribution < -0.4 is 20.3 Å². The molecule has 1 aromatic heterocycles. The molecule has 0 atom stereocenters. The average molecular weight is 651 g/mol. The second-order valence-corrected chi connectivity index (χ2v) is 12.6. The summed E-state index contributed by atoms with van der Waals surface area (Å²) in [5.41, 5.74) is 1.62. The van der Waals surface area contributed by atoms with Crippen molar-refractivity contribution >= 4 is 42.3 Å². The van der Waals surface area contributed by atoms with E-state index in [-0.39, 0.29) is 49.0 Å². The number of methoxy groups -OCH3 is 1. The number of amides is 1. The zero-order chi connectivity index (χ0) is 32.5. The van der Waals surface area contributed by atoms with Gasteiger partial charge in [0.15, 0.2) is 0 Å². The number of benzene rings is 2. The Morgan fingerprint density at radius 1 is 1.09 bits per heavy atom. The molecular formula is C29H34F3N6O6P. The van der Waals surface area contributed by atoms with E-state index in [2.05, 4.69) is 20.6 Å². The van der Waals surface area contributed by atoms with Gasteiger partial charge in [-0.15, -0.1) is 0 Å². The first-order valence-corrected chi connectivity index (χ1v) is 16.0. The number of aliphatic hydroxyl groups is 1. The fourth-order valence-electron chi connectivity index (χ4n) is 5.27. The molecule has 0 spiro atoms. The Morgan fingerprint density at radius 3 is 2.40 bits per heavy atom. The Labute approximate surface area is 258 Å². The highest BCUT2D eigenvalue weighted by Crippen LogP contribution is 2.52. The molecule has 0 unspecified atom stereocenters. The van der Waals surface area contributed by atoms with Crippen molar-refractivity contribution in [3.8, 4) is 5.75 Å². The van der Waals surface area contributed by atoms with Gasteiger partial charge in [-0.25, -0.2) is 4.98 Å². The van der Waals surface area contributed by atoms with Crippen LogP contribution in [0.1, 0.15) is 40.9 Å². The predicted molar refractivity (Wildman–Crippen MR) is 162 cm³/mol. The number of nitrogens with zero attached hydrogens (tertiary/aromatic N) is 4. The van der Waals surface area contributed by atoms with E-state index in [0.717, 1.165) is 5.69 Å². The lowest BCUT2D eigenvalue weighted by atomic mass is 10.0. The van der Waals surface area contributed by atoms with Crippen LogP contribution in [-0.4, -0.2) is 72.4 Å². The fourth-order valence-corrected chi connectivity index (χ4v) is 6.96. The number of anilines is 5. The van der Waals surface area contributed by atoms with Crippen molar-refractivity contribution in [1.82, 2.24) is 14.9 Å². The van der Waals surface area contributed by atoms with E-state index in [4.69, 9.17) is 13.8 Å². The second-order valence-electron chi connectivity index (χ2n) is 10.5. The summed E-state index contributed by atoms with van der Waals surface area (Å²) in [6, 6.07) is 8.12. The lowest BCUT2D eigenvalue weighted by molar-refractivity contribution is -0.137. The van der Waals surface area contributed by atoms with Gasteiger partial charge in [-0.1, -0.05) is 6.07 Å². The van der Waals surface area contributed by atoms with Gasteiger partial charge in [0.2, 0.25) is 5.95 Å². The monoisotopic (exact) mass is 650 g/mol. The molecule has 16 heteroatoms. The van der Waals surface area contributed by atoms with Crippen molar-refractivity contribution in [3.05, 3.63) is 58.8 Å². The average Bonchev–Trinajstić information content (AvgIpc) is 3.26. The number of aliphatic hydroxyl groups excluding tert-OH is 1. The van der Waals surface area contributed by atoms with Crippen LogP contribution in [0.3, 0.4) is 0 Å². The fraction of sp³-hybridized carbons (Fsp3) is 0.414. The Balaban J connectivity index is 1.46. The highest BCUT2D eigenvalue weighted by atomic mass is 31.2. The van der Waals surface area contributed by atoms with Crippen molar-refractivity contribution in [3.63, 3.8) is 0 Å². The maximum Gasteiger partial charge on any atom is 0.421 e. The number of hydrogen-bond acceptors (Lipinski definition) is 11. The van der Waals surface area contributed by atoms with Gasteiger partial charge in [-0.05, 0) is 43.7 Å². The van der Waals surface area contributed by atoms with Crippen LogP contribution in [0.4, 0.5) is 42.0 Å². The van der Waals surface area contributed by atoms with Crippen molar-refractivity contribution in [1.29, 1.82) is 0 Å². The Kier molecular flexibility index (Phi) is 9.26. The Morgan fingerprint density at radius 2 is 1.78 bits per heavy atom. The molecule has 5 rings (SSSR count). The van der Waals surface area contributed by atoms with Gasteiger partial charge >= 0.3 is 13.8 Å². The molecule has 0 saturated carbocycles. The van der Waals surface area contributed by atoms with Crippen LogP contribution in [0, 0.1) is 0 Å². The van der Waals surface area contributed by atoms with E-state index in [1.165, 1.54) is 18.1 Å². The zero-order valence-electron chi connectivity index (χ0n) is 25.1. The van der Waals surface area contributed by atoms with E-state index in [1.807, 2.05) is 4.90 Å². The topological polar surface area (TPSA) is 138 Å². The van der Waals surface area contributed by atoms with Gasteiger partial charge in [0.25, 0.3) is 5.91 Å². The van der Waals surface area contributed by atoms with Crippen LogP contribution in [0.25, 0.3) is 0 Å². The molecule has 0 bridgehead atoms. The molecule has 1 fully saturated rings. The second kappa shape index (κ2) is 12.8. The first-order valence-electron chi connectivity index (χ1n) is 14.2. The SMILES string of the molecule is CCOP(=O)(Cc1ccc(Nc2ncc(C(F)(F)F)c(Nc3ccc(N4CC(O)C4)c4c3C(=O)N(C)C4)n2)c(OC)c1)OCC. The molecule has 2 aliphatic heterocycles. The summed E-state index contributed by atoms with van der Waals surface area (Å²) in [6.07, 6.45) is -4.63. The number of nitrogens with one attached hydrogen (secondary N) is 2. The third-order valence-electron chi connectivity index (χ3n) is 7.33. The van der Waals surface area contributed by atoms with E-state index >= 15 is 0 Å². The molecule has 0 aliphatic carbocycles. The van der Waals surface area contributed by atoms with E-state index in [0.29, 0.717) is 41.9 Å². The number of hydrogen-bond donors (Lipinski definition) is 3. The van der Waals surface area contributed by atoms with Crippen molar-refractivity contribution in [2.24, 2.45) is 0 Å². The van der Waals surface area contributed by atoms with Gasteiger partial charge < -0.3 is 39.3 Å². The minimum atomic E-state index is -4.80. The quantitative estimate of drug-likeness (QED) is 0.214. The highest BCUT2D eigenvalue weighted by molar-refractivity contribution is 7.53. The third-order valence-corrected chi connectivity index (χ3v) is 9.39. The third kappa shape index (κ3) is 6.86. The summed E-state index contributed by atoms with van der Waals surface area (Å²) in [5, 5.41) is 15.4. The van der Waals surface area contributed by atoms with Crippen molar-refractivity contribution < 1.29 is 41.4 Å². The van der Waals surface area contributed by atoms with Gasteiger partial charge in [0, 0.05) is 44.1 Å². The highest BCUT2D eigenvalue weighted by Gasteiger charge is 2.38. The minimum absolute atomic E-state index is 0.00840. The molecule has 1 amide bonds. The lowest BCUT2D eigenvalue weighted by Gasteiger charge is -2.39. The molecule has 3 heterocycles. The molecule has 1 saturated heterocycles. The van der Waals surface area contributed by atoms with E-state index < -0.39 is 31.3 Å². The molecule has 242 valence electrons. The summed E-state index contributed by atoms with van der Waals surface area (Å²) in [5.74, 6) is -0.776.